The second-order valence-electron chi connectivity index (χ2n) is 18.5. The van der Waals surface area contributed by atoms with E-state index in [2.05, 4.69) is 41.5 Å². The fraction of sp³-hybridized carbons (Fsp3) is 1.00. The number of fused-ring (bicyclic) bond motifs is 7. The van der Waals surface area contributed by atoms with Crippen LogP contribution in [0.15, 0.2) is 0 Å². The summed E-state index contributed by atoms with van der Waals surface area (Å²) in [4.78, 5) is 0. The Morgan fingerprint density at radius 1 is 0.812 bits per heavy atom. The van der Waals surface area contributed by atoms with Crippen LogP contribution in [0.25, 0.3) is 0 Å². The van der Waals surface area contributed by atoms with Crippen molar-refractivity contribution in [3.05, 3.63) is 0 Å². The zero-order chi connectivity index (χ0) is 35.5. The average molecular weight is 703 g/mol. The van der Waals surface area contributed by atoms with E-state index in [1.54, 1.807) is 0 Å². The molecule has 1 saturated heterocycles. The van der Waals surface area contributed by atoms with Crippen LogP contribution in [-0.4, -0.2) is 94.1 Å². The quantitative estimate of drug-likeness (QED) is 0.175. The van der Waals surface area contributed by atoms with Crippen LogP contribution in [0.2, 0.25) is 0 Å². The van der Waals surface area contributed by atoms with Gasteiger partial charge in [0.05, 0.1) is 18.3 Å². The summed E-state index contributed by atoms with van der Waals surface area (Å²) in [6, 6.07) is 0. The van der Waals surface area contributed by atoms with E-state index >= 15 is 0 Å². The molecule has 11 nitrogen and oxygen atoms in total. The van der Waals surface area contributed by atoms with E-state index in [0.29, 0.717) is 18.3 Å². The van der Waals surface area contributed by atoms with E-state index in [1.165, 1.54) is 0 Å². The van der Waals surface area contributed by atoms with Gasteiger partial charge in [-0.3, -0.25) is 4.55 Å². The summed E-state index contributed by atoms with van der Waals surface area (Å²) in [6.07, 6.45) is 1.25. The number of aliphatic hydroxyl groups is 5. The molecule has 5 aliphatic carbocycles. The second kappa shape index (κ2) is 12.1. The summed E-state index contributed by atoms with van der Waals surface area (Å²) in [5.74, 6) is 1.55. The van der Waals surface area contributed by atoms with Gasteiger partial charge in [0.15, 0.2) is 12.4 Å². The van der Waals surface area contributed by atoms with Crippen molar-refractivity contribution in [2.75, 3.05) is 13.2 Å². The Hall–Kier alpha value is -0.410. The van der Waals surface area contributed by atoms with Crippen molar-refractivity contribution in [2.45, 2.75) is 155 Å². The summed E-state index contributed by atoms with van der Waals surface area (Å²) < 4.78 is 49.9. The Kier molecular flexibility index (Phi) is 9.39. The molecule has 1 aliphatic heterocycles. The summed E-state index contributed by atoms with van der Waals surface area (Å²) in [5.41, 5.74) is -1.10. The molecular formula is C36H62O11S. The number of aliphatic hydroxyl groups excluding tert-OH is 4. The van der Waals surface area contributed by atoms with Crippen molar-refractivity contribution < 1.29 is 52.2 Å². The maximum Gasteiger partial charge on any atom is 0.397 e. The van der Waals surface area contributed by atoms with Gasteiger partial charge in [-0.1, -0.05) is 41.5 Å². The molecule has 12 heteroatoms. The van der Waals surface area contributed by atoms with Crippen LogP contribution in [0, 0.1) is 56.7 Å². The molecule has 6 aliphatic rings. The molecule has 278 valence electrons. The van der Waals surface area contributed by atoms with Crippen LogP contribution in [0.3, 0.4) is 0 Å². The molecule has 0 amide bonds. The highest BCUT2D eigenvalue weighted by Gasteiger charge is 2.71. The third-order valence-corrected chi connectivity index (χ3v) is 16.9. The Balaban J connectivity index is 1.27. The maximum atomic E-state index is 11.7. The van der Waals surface area contributed by atoms with Gasteiger partial charge in [0, 0.05) is 6.61 Å². The predicted octanol–water partition coefficient (Wildman–Crippen LogP) is 3.84. The minimum absolute atomic E-state index is 0.000626. The van der Waals surface area contributed by atoms with Crippen LogP contribution in [-0.2, 0) is 24.1 Å². The molecule has 6 N–H and O–H groups in total. The van der Waals surface area contributed by atoms with Gasteiger partial charge < -0.3 is 35.0 Å². The first-order chi connectivity index (χ1) is 22.1. The molecular weight excluding hydrogens is 640 g/mol. The molecule has 48 heavy (non-hydrogen) atoms. The van der Waals surface area contributed by atoms with E-state index in [4.69, 9.17) is 13.7 Å². The number of ether oxygens (including phenoxy) is 2. The molecule has 0 spiro atoms. The van der Waals surface area contributed by atoms with Gasteiger partial charge in [-0.25, -0.2) is 4.18 Å². The summed E-state index contributed by atoms with van der Waals surface area (Å²) in [6.45, 7) is 15.7. The lowest BCUT2D eigenvalue weighted by molar-refractivity contribution is -0.328. The van der Waals surface area contributed by atoms with Crippen LogP contribution in [0.4, 0.5) is 0 Å². The van der Waals surface area contributed by atoms with E-state index in [9.17, 15) is 38.5 Å². The molecule has 0 aromatic carbocycles. The zero-order valence-corrected chi connectivity index (χ0v) is 30.8. The van der Waals surface area contributed by atoms with Crippen LogP contribution in [0.1, 0.15) is 113 Å². The van der Waals surface area contributed by atoms with Crippen molar-refractivity contribution in [2.24, 2.45) is 56.7 Å². The minimum Gasteiger partial charge on any atom is -0.396 e. The zero-order valence-electron chi connectivity index (χ0n) is 30.0. The fourth-order valence-corrected chi connectivity index (χ4v) is 13.9. The van der Waals surface area contributed by atoms with Crippen molar-refractivity contribution in [1.82, 2.24) is 0 Å². The van der Waals surface area contributed by atoms with E-state index in [1.807, 2.05) is 6.92 Å². The van der Waals surface area contributed by atoms with Gasteiger partial charge in [0.2, 0.25) is 0 Å². The van der Waals surface area contributed by atoms with Crippen LogP contribution in [0.5, 0.6) is 0 Å². The molecule has 16 atom stereocenters. The topological polar surface area (TPSA) is 183 Å². The summed E-state index contributed by atoms with van der Waals surface area (Å²) >= 11 is 0. The summed E-state index contributed by atoms with van der Waals surface area (Å²) in [5, 5.41) is 53.3. The molecule has 0 aromatic heterocycles. The van der Waals surface area contributed by atoms with Gasteiger partial charge in [-0.15, -0.1) is 0 Å². The Morgan fingerprint density at radius 2 is 1.48 bits per heavy atom. The molecule has 1 heterocycles. The fourth-order valence-electron chi connectivity index (χ4n) is 13.5. The van der Waals surface area contributed by atoms with Gasteiger partial charge in [-0.2, -0.15) is 8.42 Å². The molecule has 5 saturated carbocycles. The van der Waals surface area contributed by atoms with Crippen molar-refractivity contribution in [3.8, 4) is 0 Å². The second-order valence-corrected chi connectivity index (χ2v) is 19.6. The highest BCUT2D eigenvalue weighted by atomic mass is 32.3. The highest BCUT2D eigenvalue weighted by Crippen LogP contribution is 2.77. The molecule has 0 unspecified atom stereocenters. The first-order valence-electron chi connectivity index (χ1n) is 18.4. The standard InChI is InChI=1S/C36H62O11S/c1-20-26-21-8-9-24-32(4)12-11-25(46-30-29(47-48(42,43)44)28(40)27(39)22(18-37)45-30)31(2,3)23(32)10-13-34(24,6)33(21,5)14-16-36(26,19-38)17-15-35(20,7)41/h20-30,37-41H,8-19H2,1-7H3,(H,42,43,44)/t20-,21+,22+,23-,24+,25-,26+,27+,28-,29+,30-,32-,33+,34+,35-,36-/m0/s1. The lowest BCUT2D eigenvalue weighted by atomic mass is 9.31. The number of rotatable bonds is 6. The van der Waals surface area contributed by atoms with Gasteiger partial charge in [0.1, 0.15) is 18.3 Å². The Bertz CT molecular complexity index is 1320. The SMILES string of the molecule is C[C@H]1[C@@H]2[C@H]3CC[C@@H]4[C@@]5(C)CC[C@H](O[C@@H]6O[C@H](CO)[C@@H](O)[C@H](O)[C@H]6OS(=O)(=O)O)C(C)(C)[C@@H]5CC[C@@]4(C)[C@]3(C)CC[C@@]2(CO)CC[C@]1(C)O. The Labute approximate surface area is 287 Å². The lowest BCUT2D eigenvalue weighted by Crippen LogP contribution is -2.69. The van der Waals surface area contributed by atoms with Gasteiger partial charge in [0.25, 0.3) is 0 Å². The summed E-state index contributed by atoms with van der Waals surface area (Å²) in [7, 11) is -5.02. The Morgan fingerprint density at radius 3 is 2.10 bits per heavy atom. The third kappa shape index (κ3) is 5.40. The van der Waals surface area contributed by atoms with Gasteiger partial charge in [-0.05, 0) is 128 Å². The minimum atomic E-state index is -5.02. The smallest absolute Gasteiger partial charge is 0.396 e. The first-order valence-corrected chi connectivity index (χ1v) is 19.8. The molecule has 0 bridgehead atoms. The van der Waals surface area contributed by atoms with Crippen LogP contribution >= 0.6 is 0 Å². The molecule has 6 rings (SSSR count). The van der Waals surface area contributed by atoms with E-state index in [-0.39, 0.29) is 51.4 Å². The average Bonchev–Trinajstić information content (AvgIpc) is 2.99. The normalized spacial score (nSPS) is 55.1. The van der Waals surface area contributed by atoms with Crippen LogP contribution < -0.4 is 0 Å². The maximum absolute atomic E-state index is 11.7. The number of hydrogen-bond donors (Lipinski definition) is 6. The largest absolute Gasteiger partial charge is 0.397 e. The number of hydrogen-bond acceptors (Lipinski definition) is 10. The van der Waals surface area contributed by atoms with Crippen molar-refractivity contribution >= 4 is 10.4 Å². The monoisotopic (exact) mass is 702 g/mol. The molecule has 0 aromatic rings. The van der Waals surface area contributed by atoms with E-state index < -0.39 is 59.4 Å². The third-order valence-electron chi connectivity index (χ3n) is 16.5. The van der Waals surface area contributed by atoms with Crippen molar-refractivity contribution in [3.63, 3.8) is 0 Å². The predicted molar refractivity (Wildman–Crippen MR) is 177 cm³/mol. The van der Waals surface area contributed by atoms with E-state index in [0.717, 1.165) is 57.8 Å². The van der Waals surface area contributed by atoms with Gasteiger partial charge >= 0.3 is 10.4 Å². The van der Waals surface area contributed by atoms with Crippen molar-refractivity contribution in [1.29, 1.82) is 0 Å². The first kappa shape index (κ1) is 37.4. The molecule has 6 fully saturated rings. The highest BCUT2D eigenvalue weighted by molar-refractivity contribution is 7.80. The lowest BCUT2D eigenvalue weighted by Gasteiger charge is -2.74. The molecule has 0 radical (unpaired) electrons.